The Morgan fingerprint density at radius 2 is 1.86 bits per heavy atom. The monoisotopic (exact) mass is 294 g/mol. The van der Waals surface area contributed by atoms with Gasteiger partial charge in [-0.25, -0.2) is 8.78 Å². The van der Waals surface area contributed by atoms with Crippen LogP contribution in [0, 0.1) is 0 Å². The molecule has 4 nitrogen and oxygen atoms in total. The van der Waals surface area contributed by atoms with Gasteiger partial charge in [-0.15, -0.1) is 0 Å². The molecule has 1 aromatic carbocycles. The van der Waals surface area contributed by atoms with Crippen LogP contribution in [-0.4, -0.2) is 22.0 Å². The van der Waals surface area contributed by atoms with E-state index in [2.05, 4.69) is 5.32 Å². The van der Waals surface area contributed by atoms with Crippen molar-refractivity contribution in [2.75, 3.05) is 0 Å². The number of halogens is 2. The van der Waals surface area contributed by atoms with Gasteiger partial charge in [0.25, 0.3) is 12.3 Å². The summed E-state index contributed by atoms with van der Waals surface area (Å²) in [4.78, 5) is 12.0. The summed E-state index contributed by atoms with van der Waals surface area (Å²) in [6, 6.07) is 10.2. The second kappa shape index (κ2) is 6.99. The van der Waals surface area contributed by atoms with Crippen molar-refractivity contribution in [2.24, 2.45) is 0 Å². The minimum Gasteiger partial charge on any atom is -0.392 e. The molecule has 2 rings (SSSR count). The van der Waals surface area contributed by atoms with Gasteiger partial charge in [-0.3, -0.25) is 4.79 Å². The third-order valence-corrected chi connectivity index (χ3v) is 3.06. The molecule has 1 heterocycles. The Morgan fingerprint density at radius 3 is 2.48 bits per heavy atom. The SMILES string of the molecule is O=C(NCc1ccc(CO)cc1)c1cccn1CC(F)F. The standard InChI is InChI=1S/C15H16F2N2O2/c16-14(17)9-19-7-1-2-13(19)15(21)18-8-11-3-5-12(10-20)6-4-11/h1-7,14,20H,8-10H2,(H,18,21). The summed E-state index contributed by atoms with van der Waals surface area (Å²) in [5.41, 5.74) is 1.87. The molecule has 0 atom stereocenters. The predicted molar refractivity (Wildman–Crippen MR) is 74.0 cm³/mol. The maximum atomic E-state index is 12.4. The molecule has 0 spiro atoms. The summed E-state index contributed by atoms with van der Waals surface area (Å²) in [7, 11) is 0. The number of aromatic nitrogens is 1. The van der Waals surface area contributed by atoms with Crippen LogP contribution in [0.3, 0.4) is 0 Å². The average Bonchev–Trinajstić information content (AvgIpc) is 2.92. The summed E-state index contributed by atoms with van der Waals surface area (Å²) >= 11 is 0. The molecular weight excluding hydrogens is 278 g/mol. The Labute approximate surface area is 121 Å². The first kappa shape index (κ1) is 15.2. The largest absolute Gasteiger partial charge is 0.392 e. The van der Waals surface area contributed by atoms with E-state index in [0.29, 0.717) is 6.54 Å². The second-order valence-corrected chi connectivity index (χ2v) is 4.59. The molecule has 1 amide bonds. The Bertz CT molecular complexity index is 594. The first-order chi connectivity index (χ1) is 10.1. The molecule has 0 aliphatic heterocycles. The number of carbonyl (C=O) groups is 1. The molecule has 0 unspecified atom stereocenters. The number of rotatable bonds is 6. The van der Waals surface area contributed by atoms with Gasteiger partial charge in [0.15, 0.2) is 0 Å². The summed E-state index contributed by atoms with van der Waals surface area (Å²) in [5.74, 6) is -0.396. The molecule has 0 fully saturated rings. The van der Waals surface area contributed by atoms with Crippen LogP contribution in [0.1, 0.15) is 21.6 Å². The fraction of sp³-hybridized carbons (Fsp3) is 0.267. The van der Waals surface area contributed by atoms with Crippen molar-refractivity contribution in [2.45, 2.75) is 26.1 Å². The van der Waals surface area contributed by atoms with Crippen molar-refractivity contribution in [3.8, 4) is 0 Å². The van der Waals surface area contributed by atoms with Gasteiger partial charge >= 0.3 is 0 Å². The smallest absolute Gasteiger partial charge is 0.268 e. The highest BCUT2D eigenvalue weighted by atomic mass is 19.3. The van der Waals surface area contributed by atoms with E-state index in [9.17, 15) is 13.6 Å². The highest BCUT2D eigenvalue weighted by Gasteiger charge is 2.13. The summed E-state index contributed by atoms with van der Waals surface area (Å²) in [6.45, 7) is -0.237. The number of nitrogens with one attached hydrogen (secondary N) is 1. The molecule has 21 heavy (non-hydrogen) atoms. The van der Waals surface area contributed by atoms with Crippen molar-refractivity contribution in [3.63, 3.8) is 0 Å². The van der Waals surface area contributed by atoms with Gasteiger partial charge < -0.3 is 15.0 Å². The number of alkyl halides is 2. The first-order valence-electron chi connectivity index (χ1n) is 6.50. The minimum atomic E-state index is -2.50. The van der Waals surface area contributed by atoms with Crippen LogP contribution in [-0.2, 0) is 19.7 Å². The molecule has 0 bridgehead atoms. The van der Waals surface area contributed by atoms with Crippen LogP contribution in [0.15, 0.2) is 42.6 Å². The van der Waals surface area contributed by atoms with E-state index in [-0.39, 0.29) is 12.3 Å². The lowest BCUT2D eigenvalue weighted by Crippen LogP contribution is -2.26. The Hall–Kier alpha value is -2.21. The highest BCUT2D eigenvalue weighted by molar-refractivity contribution is 5.92. The Morgan fingerprint density at radius 1 is 1.19 bits per heavy atom. The van der Waals surface area contributed by atoms with Crippen LogP contribution >= 0.6 is 0 Å². The number of benzene rings is 1. The Kier molecular flexibility index (Phi) is 5.05. The van der Waals surface area contributed by atoms with E-state index < -0.39 is 18.9 Å². The fourth-order valence-electron chi connectivity index (χ4n) is 1.96. The molecule has 0 radical (unpaired) electrons. The maximum absolute atomic E-state index is 12.4. The summed E-state index contributed by atoms with van der Waals surface area (Å²) in [5, 5.41) is 11.6. The maximum Gasteiger partial charge on any atom is 0.268 e. The molecule has 0 aliphatic carbocycles. The van der Waals surface area contributed by atoms with Crippen molar-refractivity contribution >= 4 is 5.91 Å². The molecule has 2 N–H and O–H groups in total. The highest BCUT2D eigenvalue weighted by Crippen LogP contribution is 2.08. The van der Waals surface area contributed by atoms with Crippen molar-refractivity contribution in [1.29, 1.82) is 0 Å². The lowest BCUT2D eigenvalue weighted by molar-refractivity contribution is 0.0928. The van der Waals surface area contributed by atoms with Gasteiger partial charge in [0.1, 0.15) is 5.69 Å². The molecule has 112 valence electrons. The zero-order chi connectivity index (χ0) is 15.2. The van der Waals surface area contributed by atoms with E-state index >= 15 is 0 Å². The number of amides is 1. The van der Waals surface area contributed by atoms with E-state index in [0.717, 1.165) is 11.1 Å². The van der Waals surface area contributed by atoms with Crippen molar-refractivity contribution in [3.05, 3.63) is 59.4 Å². The van der Waals surface area contributed by atoms with Gasteiger partial charge in [0.2, 0.25) is 0 Å². The zero-order valence-electron chi connectivity index (χ0n) is 11.3. The molecular formula is C15H16F2N2O2. The summed E-state index contributed by atoms with van der Waals surface area (Å²) < 4.78 is 26.0. The van der Waals surface area contributed by atoms with Crippen LogP contribution in [0.25, 0.3) is 0 Å². The van der Waals surface area contributed by atoms with Gasteiger partial charge in [-0.1, -0.05) is 24.3 Å². The minimum absolute atomic E-state index is 0.0339. The second-order valence-electron chi connectivity index (χ2n) is 4.59. The molecule has 2 aromatic rings. The van der Waals surface area contributed by atoms with Crippen LogP contribution < -0.4 is 5.32 Å². The van der Waals surface area contributed by atoms with E-state index in [1.165, 1.54) is 16.8 Å². The zero-order valence-corrected chi connectivity index (χ0v) is 11.3. The number of carbonyl (C=O) groups excluding carboxylic acids is 1. The van der Waals surface area contributed by atoms with E-state index in [1.54, 1.807) is 30.3 Å². The number of aliphatic hydroxyl groups excluding tert-OH is 1. The molecule has 0 saturated carbocycles. The third kappa shape index (κ3) is 4.13. The fourth-order valence-corrected chi connectivity index (χ4v) is 1.96. The van der Waals surface area contributed by atoms with Crippen LogP contribution in [0.4, 0.5) is 8.78 Å². The third-order valence-electron chi connectivity index (χ3n) is 3.06. The van der Waals surface area contributed by atoms with Crippen LogP contribution in [0.5, 0.6) is 0 Å². The number of hydrogen-bond donors (Lipinski definition) is 2. The molecule has 0 saturated heterocycles. The van der Waals surface area contributed by atoms with E-state index in [4.69, 9.17) is 5.11 Å². The van der Waals surface area contributed by atoms with Crippen molar-refractivity contribution < 1.29 is 18.7 Å². The average molecular weight is 294 g/mol. The quantitative estimate of drug-likeness (QED) is 0.858. The summed E-state index contributed by atoms with van der Waals surface area (Å²) in [6.07, 6.45) is -1.05. The van der Waals surface area contributed by atoms with Crippen molar-refractivity contribution in [1.82, 2.24) is 9.88 Å². The molecule has 0 aliphatic rings. The van der Waals surface area contributed by atoms with Gasteiger partial charge in [0, 0.05) is 12.7 Å². The molecule has 1 aromatic heterocycles. The Balaban J connectivity index is 1.96. The van der Waals surface area contributed by atoms with Gasteiger partial charge in [0.05, 0.1) is 13.2 Å². The molecule has 6 heteroatoms. The lowest BCUT2D eigenvalue weighted by Gasteiger charge is -2.09. The first-order valence-corrected chi connectivity index (χ1v) is 6.50. The van der Waals surface area contributed by atoms with Gasteiger partial charge in [-0.2, -0.15) is 0 Å². The van der Waals surface area contributed by atoms with Crippen LogP contribution in [0.2, 0.25) is 0 Å². The topological polar surface area (TPSA) is 54.3 Å². The van der Waals surface area contributed by atoms with E-state index in [1.807, 2.05) is 0 Å². The lowest BCUT2D eigenvalue weighted by atomic mass is 10.1. The predicted octanol–water partition coefficient (Wildman–Crippen LogP) is 2.18. The number of aliphatic hydroxyl groups is 1. The normalized spacial score (nSPS) is 10.9. The number of hydrogen-bond acceptors (Lipinski definition) is 2. The number of nitrogens with zero attached hydrogens (tertiary/aromatic N) is 1. The van der Waals surface area contributed by atoms with Gasteiger partial charge in [-0.05, 0) is 23.3 Å².